The summed E-state index contributed by atoms with van der Waals surface area (Å²) in [5.41, 5.74) is 0. The lowest BCUT2D eigenvalue weighted by Gasteiger charge is -2.23. The van der Waals surface area contributed by atoms with Gasteiger partial charge in [-0.1, -0.05) is 6.92 Å². The van der Waals surface area contributed by atoms with Crippen molar-refractivity contribution in [3.05, 3.63) is 0 Å². The van der Waals surface area contributed by atoms with E-state index in [-0.39, 0.29) is 0 Å². The maximum atomic E-state index is 3.47. The standard InChI is InChI=1S/C12H25N3/c1-3-13-8-11-4-7-15(9-11)12-5-6-14(2)10-12/h11-13H,3-10H2,1-2H3. The van der Waals surface area contributed by atoms with Crippen molar-refractivity contribution in [1.82, 2.24) is 15.1 Å². The van der Waals surface area contributed by atoms with E-state index >= 15 is 0 Å². The van der Waals surface area contributed by atoms with Crippen molar-refractivity contribution < 1.29 is 0 Å². The average molecular weight is 211 g/mol. The lowest BCUT2D eigenvalue weighted by Crippen LogP contribution is -2.36. The number of hydrogen-bond acceptors (Lipinski definition) is 3. The summed E-state index contributed by atoms with van der Waals surface area (Å²) in [6.07, 6.45) is 2.78. The topological polar surface area (TPSA) is 18.5 Å². The van der Waals surface area contributed by atoms with Gasteiger partial charge in [0, 0.05) is 19.1 Å². The van der Waals surface area contributed by atoms with Crippen LogP contribution in [0.2, 0.25) is 0 Å². The third-order valence-electron chi connectivity index (χ3n) is 3.88. The zero-order valence-electron chi connectivity index (χ0n) is 10.2. The summed E-state index contributed by atoms with van der Waals surface area (Å²) in [5, 5.41) is 3.47. The van der Waals surface area contributed by atoms with E-state index < -0.39 is 0 Å². The van der Waals surface area contributed by atoms with Crippen LogP contribution in [0, 0.1) is 5.92 Å². The molecule has 88 valence electrons. The van der Waals surface area contributed by atoms with E-state index in [4.69, 9.17) is 0 Å². The molecule has 2 unspecified atom stereocenters. The Bertz CT molecular complexity index is 195. The molecule has 2 aliphatic rings. The van der Waals surface area contributed by atoms with E-state index in [1.54, 1.807) is 0 Å². The van der Waals surface area contributed by atoms with Crippen molar-refractivity contribution in [1.29, 1.82) is 0 Å². The summed E-state index contributed by atoms with van der Waals surface area (Å²) in [5.74, 6) is 0.899. The third kappa shape index (κ3) is 2.92. The Labute approximate surface area is 93.8 Å². The molecule has 15 heavy (non-hydrogen) atoms. The molecule has 0 aromatic heterocycles. The molecule has 2 heterocycles. The summed E-state index contributed by atoms with van der Waals surface area (Å²) >= 11 is 0. The average Bonchev–Trinajstić information content (AvgIpc) is 2.83. The minimum Gasteiger partial charge on any atom is -0.317 e. The largest absolute Gasteiger partial charge is 0.317 e. The fraction of sp³-hybridized carbons (Fsp3) is 1.00. The number of nitrogens with one attached hydrogen (secondary N) is 1. The van der Waals surface area contributed by atoms with Crippen LogP contribution in [0.25, 0.3) is 0 Å². The van der Waals surface area contributed by atoms with Gasteiger partial charge in [0.1, 0.15) is 0 Å². The molecule has 2 saturated heterocycles. The first-order valence-electron chi connectivity index (χ1n) is 6.43. The minimum absolute atomic E-state index is 0.849. The molecule has 0 bridgehead atoms. The van der Waals surface area contributed by atoms with Crippen molar-refractivity contribution >= 4 is 0 Å². The van der Waals surface area contributed by atoms with Crippen LogP contribution in [0.3, 0.4) is 0 Å². The SMILES string of the molecule is CCNCC1CCN(C2CCN(C)C2)C1. The first-order valence-corrected chi connectivity index (χ1v) is 6.43. The second-order valence-corrected chi connectivity index (χ2v) is 5.16. The van der Waals surface area contributed by atoms with Crippen LogP contribution in [0.5, 0.6) is 0 Å². The Morgan fingerprint density at radius 1 is 1.20 bits per heavy atom. The van der Waals surface area contributed by atoms with Gasteiger partial charge < -0.3 is 10.2 Å². The van der Waals surface area contributed by atoms with E-state index in [0.29, 0.717) is 0 Å². The molecule has 0 aliphatic carbocycles. The van der Waals surface area contributed by atoms with Gasteiger partial charge in [0.25, 0.3) is 0 Å². The molecule has 3 nitrogen and oxygen atoms in total. The van der Waals surface area contributed by atoms with Crippen molar-refractivity contribution in [3.8, 4) is 0 Å². The molecule has 1 N–H and O–H groups in total. The minimum atomic E-state index is 0.849. The smallest absolute Gasteiger partial charge is 0.0235 e. The summed E-state index contributed by atoms with van der Waals surface area (Å²) in [6.45, 7) is 9.75. The third-order valence-corrected chi connectivity index (χ3v) is 3.88. The first kappa shape index (κ1) is 11.4. The van der Waals surface area contributed by atoms with Gasteiger partial charge in [-0.2, -0.15) is 0 Å². The number of likely N-dealkylation sites (N-methyl/N-ethyl adjacent to an activating group) is 1. The van der Waals surface area contributed by atoms with Gasteiger partial charge >= 0.3 is 0 Å². The molecule has 0 saturated carbocycles. The van der Waals surface area contributed by atoms with E-state index in [2.05, 4.69) is 29.1 Å². The first-order chi connectivity index (χ1) is 7.29. The summed E-state index contributed by atoms with van der Waals surface area (Å²) < 4.78 is 0. The van der Waals surface area contributed by atoms with E-state index in [1.807, 2.05) is 0 Å². The van der Waals surface area contributed by atoms with Crippen LogP contribution >= 0.6 is 0 Å². The van der Waals surface area contributed by atoms with Gasteiger partial charge in [0.2, 0.25) is 0 Å². The fourth-order valence-corrected chi connectivity index (χ4v) is 2.92. The van der Waals surface area contributed by atoms with Crippen molar-refractivity contribution in [2.24, 2.45) is 5.92 Å². The molecule has 2 atom stereocenters. The molecule has 3 heteroatoms. The Morgan fingerprint density at radius 3 is 2.73 bits per heavy atom. The number of hydrogen-bond donors (Lipinski definition) is 1. The highest BCUT2D eigenvalue weighted by atomic mass is 15.3. The van der Waals surface area contributed by atoms with Crippen LogP contribution in [-0.4, -0.2) is 62.2 Å². The summed E-state index contributed by atoms with van der Waals surface area (Å²) in [4.78, 5) is 5.17. The Morgan fingerprint density at radius 2 is 2.07 bits per heavy atom. The van der Waals surface area contributed by atoms with Gasteiger partial charge in [-0.15, -0.1) is 0 Å². The van der Waals surface area contributed by atoms with Crippen LogP contribution in [-0.2, 0) is 0 Å². The number of nitrogens with zero attached hydrogens (tertiary/aromatic N) is 2. The lowest BCUT2D eigenvalue weighted by atomic mass is 10.1. The highest BCUT2D eigenvalue weighted by Crippen LogP contribution is 2.22. The van der Waals surface area contributed by atoms with Gasteiger partial charge in [0.15, 0.2) is 0 Å². The van der Waals surface area contributed by atoms with Crippen LogP contribution in [0.1, 0.15) is 19.8 Å². The maximum Gasteiger partial charge on any atom is 0.0235 e. The predicted octanol–water partition coefficient (Wildman–Crippen LogP) is 0.622. The number of rotatable bonds is 4. The predicted molar refractivity (Wildman–Crippen MR) is 64.1 cm³/mol. The highest BCUT2D eigenvalue weighted by molar-refractivity contribution is 4.87. The Kier molecular flexibility index (Phi) is 4.00. The van der Waals surface area contributed by atoms with Gasteiger partial charge in [-0.05, 0) is 52.0 Å². The van der Waals surface area contributed by atoms with E-state index in [9.17, 15) is 0 Å². The molecule has 2 rings (SSSR count). The molecule has 2 aliphatic heterocycles. The Balaban J connectivity index is 1.72. The van der Waals surface area contributed by atoms with Crippen LogP contribution < -0.4 is 5.32 Å². The quantitative estimate of drug-likeness (QED) is 0.735. The van der Waals surface area contributed by atoms with Gasteiger partial charge in [-0.25, -0.2) is 0 Å². The van der Waals surface area contributed by atoms with Crippen molar-refractivity contribution in [2.75, 3.05) is 46.3 Å². The number of likely N-dealkylation sites (tertiary alicyclic amines) is 2. The highest BCUT2D eigenvalue weighted by Gasteiger charge is 2.31. The van der Waals surface area contributed by atoms with E-state index in [0.717, 1.165) is 18.5 Å². The van der Waals surface area contributed by atoms with Crippen LogP contribution in [0.15, 0.2) is 0 Å². The molecule has 0 spiro atoms. The Hall–Kier alpha value is -0.120. The molecular weight excluding hydrogens is 186 g/mol. The molecule has 0 aromatic rings. The van der Waals surface area contributed by atoms with Crippen molar-refractivity contribution in [2.45, 2.75) is 25.8 Å². The monoisotopic (exact) mass is 211 g/mol. The van der Waals surface area contributed by atoms with Gasteiger partial charge in [-0.3, -0.25) is 4.90 Å². The summed E-state index contributed by atoms with van der Waals surface area (Å²) in [7, 11) is 2.24. The zero-order chi connectivity index (χ0) is 10.7. The molecule has 2 fully saturated rings. The second kappa shape index (κ2) is 5.28. The van der Waals surface area contributed by atoms with Crippen LogP contribution in [0.4, 0.5) is 0 Å². The summed E-state index contributed by atoms with van der Waals surface area (Å²) in [6, 6.07) is 0.849. The van der Waals surface area contributed by atoms with E-state index in [1.165, 1.54) is 45.6 Å². The fourth-order valence-electron chi connectivity index (χ4n) is 2.92. The van der Waals surface area contributed by atoms with Gasteiger partial charge in [0.05, 0.1) is 0 Å². The van der Waals surface area contributed by atoms with Crippen molar-refractivity contribution in [3.63, 3.8) is 0 Å². The second-order valence-electron chi connectivity index (χ2n) is 5.16. The zero-order valence-corrected chi connectivity index (χ0v) is 10.2. The molecular formula is C12H25N3. The molecule has 0 amide bonds. The normalized spacial score (nSPS) is 34.0. The molecule has 0 aromatic carbocycles. The molecule has 0 radical (unpaired) electrons. The lowest BCUT2D eigenvalue weighted by molar-refractivity contribution is 0.233. The maximum absolute atomic E-state index is 3.47.